The van der Waals surface area contributed by atoms with E-state index in [4.69, 9.17) is 11.2 Å². The summed E-state index contributed by atoms with van der Waals surface area (Å²) in [5, 5.41) is 0. The molecule has 0 radical (unpaired) electrons. The molecule has 0 heterocycles. The van der Waals surface area contributed by atoms with Crippen molar-refractivity contribution in [3.63, 3.8) is 0 Å². The second-order valence-corrected chi connectivity index (χ2v) is 8.04. The topological polar surface area (TPSA) is 46.1 Å². The van der Waals surface area contributed by atoms with Crippen LogP contribution in [0.5, 0.6) is 0 Å². The maximum atomic E-state index is 10.0. The molecule has 0 saturated heterocycles. The standard InChI is InChI=1S/C2H6ClO2P/c1-6(2,3,4)5/h1-2H3/q-2. The monoisotopic (exact) mass is 128 g/mol. The van der Waals surface area contributed by atoms with Crippen molar-refractivity contribution < 1.29 is 9.79 Å². The van der Waals surface area contributed by atoms with E-state index in [1.54, 1.807) is 0 Å². The van der Waals surface area contributed by atoms with Crippen LogP contribution in [-0.2, 0) is 0 Å². The van der Waals surface area contributed by atoms with Crippen LogP contribution >= 0.6 is 17.7 Å². The van der Waals surface area contributed by atoms with E-state index in [2.05, 4.69) is 0 Å². The van der Waals surface area contributed by atoms with Crippen molar-refractivity contribution in [2.45, 2.75) is 0 Å². The molecule has 0 amide bonds. The summed E-state index contributed by atoms with van der Waals surface area (Å²) in [4.78, 5) is 20.0. The van der Waals surface area contributed by atoms with Gasteiger partial charge < -0.3 is 0 Å². The minimum atomic E-state index is -4.08. The van der Waals surface area contributed by atoms with E-state index >= 15 is 0 Å². The van der Waals surface area contributed by atoms with E-state index in [9.17, 15) is 9.79 Å². The number of halogens is 1. The van der Waals surface area contributed by atoms with Crippen LogP contribution in [0.25, 0.3) is 0 Å². The molecule has 6 heavy (non-hydrogen) atoms. The van der Waals surface area contributed by atoms with Crippen molar-refractivity contribution in [2.75, 3.05) is 13.3 Å². The van der Waals surface area contributed by atoms with Crippen molar-refractivity contribution in [3.8, 4) is 0 Å². The zero-order valence-electron chi connectivity index (χ0n) is 3.64. The van der Waals surface area contributed by atoms with E-state index in [0.29, 0.717) is 0 Å². The van der Waals surface area contributed by atoms with E-state index in [-0.39, 0.29) is 0 Å². The number of rotatable bonds is 0. The fourth-order valence-corrected chi connectivity index (χ4v) is 0. The Morgan fingerprint density at radius 2 is 1.33 bits per heavy atom. The second-order valence-electron chi connectivity index (χ2n) is 1.73. The van der Waals surface area contributed by atoms with Crippen LogP contribution in [0.1, 0.15) is 0 Å². The maximum absolute atomic E-state index is 10.0. The summed E-state index contributed by atoms with van der Waals surface area (Å²) >= 11 is 4.80. The van der Waals surface area contributed by atoms with Crippen molar-refractivity contribution >= 4 is 17.7 Å². The summed E-state index contributed by atoms with van der Waals surface area (Å²) in [7, 11) is 0. The Hall–Kier alpha value is 0.640. The average molecular weight is 128 g/mol. The second kappa shape index (κ2) is 1.07. The molecule has 0 aromatic rings. The van der Waals surface area contributed by atoms with Gasteiger partial charge in [-0.25, -0.2) is 0 Å². The molecule has 0 aromatic carbocycles. The Labute approximate surface area is 41.6 Å². The Bertz CT molecular complexity index is 44.7. The average Bonchev–Trinajstić information content (AvgIpc) is 0.650. The Balaban J connectivity index is 3.73. The first-order chi connectivity index (χ1) is 2.24. The molecular formula is C2H6ClO2P-2. The molecule has 0 unspecified atom stereocenters. The molecule has 0 N–H and O–H groups in total. The van der Waals surface area contributed by atoms with Crippen LogP contribution in [0.2, 0.25) is 0 Å². The third-order valence-corrected chi connectivity index (χ3v) is 0. The SMILES string of the molecule is CP(C)([O-])([O-])Cl. The van der Waals surface area contributed by atoms with Gasteiger partial charge in [0, 0.05) is 0 Å². The van der Waals surface area contributed by atoms with Gasteiger partial charge in [-0.3, -0.25) is 0 Å². The first-order valence-corrected chi connectivity index (χ1v) is 5.30. The molecule has 4 heteroatoms. The van der Waals surface area contributed by atoms with E-state index < -0.39 is 6.41 Å². The third kappa shape index (κ3) is 150. The molecule has 0 spiro atoms. The molecule has 0 aliphatic carbocycles. The summed E-state index contributed by atoms with van der Waals surface area (Å²) in [5.41, 5.74) is 0. The van der Waals surface area contributed by atoms with Gasteiger partial charge in [-0.1, -0.05) is 0 Å². The molecule has 0 bridgehead atoms. The molecule has 2 nitrogen and oxygen atoms in total. The molecule has 40 valence electrons. The van der Waals surface area contributed by atoms with E-state index in [0.717, 1.165) is 13.3 Å². The van der Waals surface area contributed by atoms with E-state index in [1.807, 2.05) is 0 Å². The molecule has 0 saturated carbocycles. The van der Waals surface area contributed by atoms with Crippen molar-refractivity contribution in [1.29, 1.82) is 0 Å². The predicted octanol–water partition coefficient (Wildman–Crippen LogP) is -0.496. The summed E-state index contributed by atoms with van der Waals surface area (Å²) in [6.45, 7) is 1.99. The van der Waals surface area contributed by atoms with Gasteiger partial charge in [0.1, 0.15) is 0 Å². The van der Waals surface area contributed by atoms with Gasteiger partial charge >= 0.3 is 40.8 Å². The molecule has 0 aliphatic rings. The van der Waals surface area contributed by atoms with Gasteiger partial charge in [0.2, 0.25) is 0 Å². The molecule has 0 atom stereocenters. The van der Waals surface area contributed by atoms with Gasteiger partial charge in [0.05, 0.1) is 0 Å². The molecule has 0 aliphatic heterocycles. The fraction of sp³-hybridized carbons (Fsp3) is 1.00. The van der Waals surface area contributed by atoms with Crippen molar-refractivity contribution in [3.05, 3.63) is 0 Å². The van der Waals surface area contributed by atoms with Crippen molar-refractivity contribution in [2.24, 2.45) is 0 Å². The molecular weight excluding hydrogens is 122 g/mol. The summed E-state index contributed by atoms with van der Waals surface area (Å²) in [6.07, 6.45) is -4.08. The third-order valence-electron chi connectivity index (χ3n) is 0. The summed E-state index contributed by atoms with van der Waals surface area (Å²) in [6, 6.07) is 0. The van der Waals surface area contributed by atoms with Gasteiger partial charge in [0.15, 0.2) is 0 Å². The molecule has 0 rings (SSSR count). The van der Waals surface area contributed by atoms with Crippen molar-refractivity contribution in [1.82, 2.24) is 0 Å². The first-order valence-electron chi connectivity index (χ1n) is 1.43. The number of hydrogen-bond donors (Lipinski definition) is 0. The summed E-state index contributed by atoms with van der Waals surface area (Å²) in [5.74, 6) is 0. The van der Waals surface area contributed by atoms with Gasteiger partial charge in [-0.05, 0) is 0 Å². The Kier molecular flexibility index (Phi) is 1.19. The van der Waals surface area contributed by atoms with Crippen LogP contribution < -0.4 is 9.79 Å². The quantitative estimate of drug-likeness (QED) is 0.413. The summed E-state index contributed by atoms with van der Waals surface area (Å²) < 4.78 is 0. The number of hydrogen-bond acceptors (Lipinski definition) is 2. The van der Waals surface area contributed by atoms with Crippen LogP contribution in [0.15, 0.2) is 0 Å². The molecule has 0 fully saturated rings. The Morgan fingerprint density at radius 3 is 1.33 bits per heavy atom. The van der Waals surface area contributed by atoms with E-state index in [1.165, 1.54) is 0 Å². The normalized spacial score (nSPS) is 19.2. The Morgan fingerprint density at radius 1 is 1.33 bits per heavy atom. The van der Waals surface area contributed by atoms with Gasteiger partial charge in [-0.15, -0.1) is 0 Å². The van der Waals surface area contributed by atoms with Crippen LogP contribution in [-0.4, -0.2) is 13.3 Å². The molecule has 0 aromatic heterocycles. The van der Waals surface area contributed by atoms with Crippen LogP contribution in [0.3, 0.4) is 0 Å². The van der Waals surface area contributed by atoms with Crippen LogP contribution in [0, 0.1) is 0 Å². The van der Waals surface area contributed by atoms with Gasteiger partial charge in [0.25, 0.3) is 0 Å². The predicted molar refractivity (Wildman–Crippen MR) is 24.6 cm³/mol. The zero-order chi connectivity index (χ0) is 5.45. The zero-order valence-corrected chi connectivity index (χ0v) is 5.29. The minimum absolute atomic E-state index is 0.993. The van der Waals surface area contributed by atoms with Crippen LogP contribution in [0.4, 0.5) is 0 Å². The fourth-order valence-electron chi connectivity index (χ4n) is 0. The van der Waals surface area contributed by atoms with Gasteiger partial charge in [-0.2, -0.15) is 0 Å². The first kappa shape index (κ1) is 6.64.